The van der Waals surface area contributed by atoms with E-state index < -0.39 is 0 Å². The van der Waals surface area contributed by atoms with Crippen LogP contribution < -0.4 is 0 Å². The smallest absolute Gasteiger partial charge is 0.0540 e. The predicted molar refractivity (Wildman–Crippen MR) is 81.9 cm³/mol. The summed E-state index contributed by atoms with van der Waals surface area (Å²) in [6, 6.07) is 0. The molecule has 2 heteroatoms. The van der Waals surface area contributed by atoms with Crippen LogP contribution in [0.25, 0.3) is 0 Å². The largest absolute Gasteiger partial charge is 0.393 e. The van der Waals surface area contributed by atoms with Gasteiger partial charge in [-0.3, -0.25) is 0 Å². The normalized spacial score (nSPS) is 13.7. The van der Waals surface area contributed by atoms with Gasteiger partial charge in [-0.05, 0) is 45.4 Å². The first-order chi connectivity index (χ1) is 9.16. The Morgan fingerprint density at radius 2 is 1.37 bits per heavy atom. The lowest BCUT2D eigenvalue weighted by atomic mass is 10.1. The number of unbranched alkanes of at least 4 members (excludes halogenated alkanes) is 5. The predicted octanol–water partition coefficient (Wildman–Crippen LogP) is 4.04. The van der Waals surface area contributed by atoms with Crippen molar-refractivity contribution in [3.63, 3.8) is 0 Å². The third-order valence-electron chi connectivity index (χ3n) is 3.26. The van der Waals surface area contributed by atoms with E-state index in [1.165, 1.54) is 6.42 Å². The molecule has 0 bridgehead atoms. The van der Waals surface area contributed by atoms with Crippen LogP contribution >= 0.6 is 0 Å². The van der Waals surface area contributed by atoms with Crippen molar-refractivity contribution in [3.05, 3.63) is 0 Å². The van der Waals surface area contributed by atoms with Gasteiger partial charge in [0.05, 0.1) is 12.2 Å². The molecule has 2 N–H and O–H groups in total. The first-order valence-electron chi connectivity index (χ1n) is 7.98. The van der Waals surface area contributed by atoms with Gasteiger partial charge in [-0.1, -0.05) is 26.2 Å². The Balaban J connectivity index is 3.22. The van der Waals surface area contributed by atoms with Gasteiger partial charge in [0.25, 0.3) is 0 Å². The molecule has 0 aliphatic heterocycles. The molecule has 0 aromatic heterocycles. The van der Waals surface area contributed by atoms with E-state index in [4.69, 9.17) is 5.11 Å². The van der Waals surface area contributed by atoms with Crippen molar-refractivity contribution in [2.24, 2.45) is 0 Å². The molecule has 0 aromatic carbocycles. The minimum atomic E-state index is -0.158. The zero-order chi connectivity index (χ0) is 14.3. The Morgan fingerprint density at radius 3 is 1.95 bits per heavy atom. The van der Waals surface area contributed by atoms with Gasteiger partial charge in [0.1, 0.15) is 0 Å². The minimum absolute atomic E-state index is 0.105. The molecule has 112 valence electrons. The first-order valence-corrected chi connectivity index (χ1v) is 7.98. The molecule has 0 radical (unpaired) electrons. The SMILES string of the molecule is CCC[C@@H](O)CCCCC#CCCCCC[C@H](C)O. The van der Waals surface area contributed by atoms with Crippen LogP contribution in [0.4, 0.5) is 0 Å². The fourth-order valence-corrected chi connectivity index (χ4v) is 2.08. The van der Waals surface area contributed by atoms with Crippen LogP contribution in [0, 0.1) is 11.8 Å². The lowest BCUT2D eigenvalue weighted by Gasteiger charge is -2.07. The fraction of sp³-hybridized carbons (Fsp3) is 0.882. The van der Waals surface area contributed by atoms with Crippen LogP contribution in [0.5, 0.6) is 0 Å². The number of rotatable bonds is 11. The molecule has 0 heterocycles. The average molecular weight is 268 g/mol. The summed E-state index contributed by atoms with van der Waals surface area (Å²) in [7, 11) is 0. The molecule has 0 saturated carbocycles. The van der Waals surface area contributed by atoms with Crippen molar-refractivity contribution >= 4 is 0 Å². The summed E-state index contributed by atoms with van der Waals surface area (Å²) in [5.74, 6) is 6.42. The maximum Gasteiger partial charge on any atom is 0.0540 e. The van der Waals surface area contributed by atoms with E-state index in [1.54, 1.807) is 0 Å². The summed E-state index contributed by atoms with van der Waals surface area (Å²) < 4.78 is 0. The maximum atomic E-state index is 9.56. The fourth-order valence-electron chi connectivity index (χ4n) is 2.08. The maximum absolute atomic E-state index is 9.56. The number of hydrogen-bond donors (Lipinski definition) is 2. The highest BCUT2D eigenvalue weighted by Crippen LogP contribution is 2.08. The van der Waals surface area contributed by atoms with Crippen LogP contribution in [0.2, 0.25) is 0 Å². The number of aliphatic hydroxyl groups excluding tert-OH is 2. The van der Waals surface area contributed by atoms with E-state index in [2.05, 4.69) is 18.8 Å². The molecule has 0 spiro atoms. The Labute approximate surface area is 119 Å². The van der Waals surface area contributed by atoms with Gasteiger partial charge in [0.2, 0.25) is 0 Å². The highest BCUT2D eigenvalue weighted by atomic mass is 16.3. The van der Waals surface area contributed by atoms with Gasteiger partial charge in [0.15, 0.2) is 0 Å². The zero-order valence-electron chi connectivity index (χ0n) is 12.8. The topological polar surface area (TPSA) is 40.5 Å². The molecule has 2 atom stereocenters. The summed E-state index contributed by atoms with van der Waals surface area (Å²) in [5.41, 5.74) is 0. The summed E-state index contributed by atoms with van der Waals surface area (Å²) >= 11 is 0. The van der Waals surface area contributed by atoms with Gasteiger partial charge in [-0.25, -0.2) is 0 Å². The summed E-state index contributed by atoms with van der Waals surface area (Å²) in [6.07, 6.45) is 11.1. The van der Waals surface area contributed by atoms with Gasteiger partial charge in [0, 0.05) is 12.8 Å². The summed E-state index contributed by atoms with van der Waals surface area (Å²) in [5, 5.41) is 18.7. The van der Waals surface area contributed by atoms with E-state index in [-0.39, 0.29) is 12.2 Å². The number of aliphatic hydroxyl groups is 2. The highest BCUT2D eigenvalue weighted by Gasteiger charge is 2.00. The molecule has 0 rings (SSSR count). The molecule has 0 aliphatic carbocycles. The van der Waals surface area contributed by atoms with E-state index in [1.807, 2.05) is 6.92 Å². The zero-order valence-corrected chi connectivity index (χ0v) is 12.8. The third kappa shape index (κ3) is 15.4. The third-order valence-corrected chi connectivity index (χ3v) is 3.26. The molecule has 19 heavy (non-hydrogen) atoms. The molecule has 0 saturated heterocycles. The van der Waals surface area contributed by atoms with Gasteiger partial charge >= 0.3 is 0 Å². The molecule has 0 amide bonds. The highest BCUT2D eigenvalue weighted by molar-refractivity contribution is 4.98. The van der Waals surface area contributed by atoms with Crippen molar-refractivity contribution < 1.29 is 10.2 Å². The van der Waals surface area contributed by atoms with Crippen LogP contribution in [0.1, 0.15) is 84.5 Å². The van der Waals surface area contributed by atoms with Crippen LogP contribution in [-0.2, 0) is 0 Å². The van der Waals surface area contributed by atoms with Gasteiger partial charge < -0.3 is 10.2 Å². The Morgan fingerprint density at radius 1 is 0.789 bits per heavy atom. The summed E-state index contributed by atoms with van der Waals surface area (Å²) in [6.45, 7) is 3.95. The second kappa shape index (κ2) is 13.9. The molecule has 0 unspecified atom stereocenters. The van der Waals surface area contributed by atoms with Crippen molar-refractivity contribution in [2.75, 3.05) is 0 Å². The van der Waals surface area contributed by atoms with Gasteiger partial charge in [-0.15, -0.1) is 11.8 Å². The molecule has 0 aliphatic rings. The van der Waals surface area contributed by atoms with E-state index in [0.29, 0.717) is 0 Å². The average Bonchev–Trinajstić information content (AvgIpc) is 2.36. The second-order valence-electron chi connectivity index (χ2n) is 5.49. The number of hydrogen-bond acceptors (Lipinski definition) is 2. The Bertz CT molecular complexity index is 237. The van der Waals surface area contributed by atoms with E-state index in [0.717, 1.165) is 64.2 Å². The van der Waals surface area contributed by atoms with Gasteiger partial charge in [-0.2, -0.15) is 0 Å². The van der Waals surface area contributed by atoms with Crippen molar-refractivity contribution in [1.29, 1.82) is 0 Å². The summed E-state index contributed by atoms with van der Waals surface area (Å²) in [4.78, 5) is 0. The molecular formula is C17H32O2. The van der Waals surface area contributed by atoms with Crippen molar-refractivity contribution in [3.8, 4) is 11.8 Å². The minimum Gasteiger partial charge on any atom is -0.393 e. The van der Waals surface area contributed by atoms with Crippen molar-refractivity contribution in [2.45, 2.75) is 96.7 Å². The lowest BCUT2D eigenvalue weighted by Crippen LogP contribution is -2.04. The molecule has 0 fully saturated rings. The van der Waals surface area contributed by atoms with E-state index in [9.17, 15) is 5.11 Å². The van der Waals surface area contributed by atoms with Crippen molar-refractivity contribution in [1.82, 2.24) is 0 Å². The molecular weight excluding hydrogens is 236 g/mol. The molecule has 2 nitrogen and oxygen atoms in total. The van der Waals surface area contributed by atoms with Crippen LogP contribution in [0.15, 0.2) is 0 Å². The van der Waals surface area contributed by atoms with E-state index >= 15 is 0 Å². The second-order valence-corrected chi connectivity index (χ2v) is 5.49. The first kappa shape index (κ1) is 18.5. The quantitative estimate of drug-likeness (QED) is 0.438. The Kier molecular flexibility index (Phi) is 13.5. The standard InChI is InChI=1S/C17H32O2/c1-3-13-17(19)15-12-10-8-6-4-5-7-9-11-14-16(2)18/h16-19H,3,5,7-15H2,1-2H3/t16-,17+/m0/s1. The monoisotopic (exact) mass is 268 g/mol. The lowest BCUT2D eigenvalue weighted by molar-refractivity contribution is 0.150. The van der Waals surface area contributed by atoms with Crippen LogP contribution in [-0.4, -0.2) is 22.4 Å². The Hall–Kier alpha value is -0.520. The molecule has 0 aromatic rings. The van der Waals surface area contributed by atoms with Crippen LogP contribution in [0.3, 0.4) is 0 Å².